The first-order valence-corrected chi connectivity index (χ1v) is 9.02. The Kier molecular flexibility index (Phi) is 7.68. The lowest BCUT2D eigenvalue weighted by molar-refractivity contribution is -0.136. The number of benzene rings is 2. The first kappa shape index (κ1) is 19.5. The SMILES string of the molecule is CCCCOc1ccc(NC(=O)C(=O)NCc2ccc(CC)cc2)cc1. The summed E-state index contributed by atoms with van der Waals surface area (Å²) in [5.41, 5.74) is 2.75. The molecule has 26 heavy (non-hydrogen) atoms. The van der Waals surface area contributed by atoms with E-state index in [1.165, 1.54) is 5.56 Å². The van der Waals surface area contributed by atoms with Gasteiger partial charge in [0.2, 0.25) is 0 Å². The second kappa shape index (κ2) is 10.2. The number of carbonyl (C=O) groups is 2. The molecule has 0 spiro atoms. The van der Waals surface area contributed by atoms with Gasteiger partial charge in [0.25, 0.3) is 0 Å². The minimum absolute atomic E-state index is 0.320. The predicted octanol–water partition coefficient (Wildman–Crippen LogP) is 3.68. The molecule has 2 amide bonds. The summed E-state index contributed by atoms with van der Waals surface area (Å²) in [5.74, 6) is -0.598. The van der Waals surface area contributed by atoms with Gasteiger partial charge in [0.15, 0.2) is 0 Å². The summed E-state index contributed by atoms with van der Waals surface area (Å²) in [4.78, 5) is 23.9. The van der Waals surface area contributed by atoms with E-state index in [0.717, 1.165) is 30.6 Å². The van der Waals surface area contributed by atoms with Gasteiger partial charge in [0.05, 0.1) is 6.61 Å². The Morgan fingerprint density at radius 1 is 0.885 bits per heavy atom. The Bertz CT molecular complexity index is 709. The number of carbonyl (C=O) groups excluding carboxylic acids is 2. The summed E-state index contributed by atoms with van der Waals surface area (Å²) in [5, 5.41) is 5.21. The molecule has 0 aliphatic rings. The second-order valence-corrected chi connectivity index (χ2v) is 6.03. The van der Waals surface area contributed by atoms with Crippen LogP contribution in [0.1, 0.15) is 37.8 Å². The molecule has 138 valence electrons. The van der Waals surface area contributed by atoms with Gasteiger partial charge in [-0.2, -0.15) is 0 Å². The van der Waals surface area contributed by atoms with Crippen molar-refractivity contribution < 1.29 is 14.3 Å². The zero-order chi connectivity index (χ0) is 18.8. The molecule has 0 atom stereocenters. The van der Waals surface area contributed by atoms with Crippen molar-refractivity contribution in [3.05, 3.63) is 59.7 Å². The number of hydrogen-bond acceptors (Lipinski definition) is 3. The lowest BCUT2D eigenvalue weighted by Gasteiger charge is -2.09. The maximum atomic E-state index is 12.0. The highest BCUT2D eigenvalue weighted by Crippen LogP contribution is 2.16. The van der Waals surface area contributed by atoms with Gasteiger partial charge in [-0.25, -0.2) is 0 Å². The fourth-order valence-electron chi connectivity index (χ4n) is 2.31. The third-order valence-electron chi connectivity index (χ3n) is 3.97. The highest BCUT2D eigenvalue weighted by molar-refractivity contribution is 6.39. The van der Waals surface area contributed by atoms with E-state index in [4.69, 9.17) is 4.74 Å². The monoisotopic (exact) mass is 354 g/mol. The molecular formula is C21H26N2O3. The Morgan fingerprint density at radius 3 is 2.15 bits per heavy atom. The molecule has 0 bridgehead atoms. The average Bonchev–Trinajstić information content (AvgIpc) is 2.68. The van der Waals surface area contributed by atoms with Gasteiger partial charge in [0.1, 0.15) is 5.75 Å². The van der Waals surface area contributed by atoms with E-state index in [1.54, 1.807) is 24.3 Å². The van der Waals surface area contributed by atoms with E-state index in [-0.39, 0.29) is 0 Å². The van der Waals surface area contributed by atoms with Crippen molar-refractivity contribution >= 4 is 17.5 Å². The van der Waals surface area contributed by atoms with Crippen molar-refractivity contribution in [2.75, 3.05) is 11.9 Å². The topological polar surface area (TPSA) is 67.4 Å². The minimum atomic E-state index is -0.685. The van der Waals surface area contributed by atoms with E-state index in [0.29, 0.717) is 18.8 Å². The zero-order valence-electron chi connectivity index (χ0n) is 15.4. The lowest BCUT2D eigenvalue weighted by atomic mass is 10.1. The first-order valence-electron chi connectivity index (χ1n) is 9.02. The Morgan fingerprint density at radius 2 is 1.54 bits per heavy atom. The van der Waals surface area contributed by atoms with Gasteiger partial charge in [-0.05, 0) is 48.2 Å². The summed E-state index contributed by atoms with van der Waals surface area (Å²) >= 11 is 0. The van der Waals surface area contributed by atoms with E-state index in [9.17, 15) is 9.59 Å². The molecule has 0 fully saturated rings. The van der Waals surface area contributed by atoms with Crippen LogP contribution in [-0.2, 0) is 22.6 Å². The number of unbranched alkanes of at least 4 members (excludes halogenated alkanes) is 1. The molecule has 0 saturated carbocycles. The van der Waals surface area contributed by atoms with Crippen molar-refractivity contribution in [1.82, 2.24) is 5.32 Å². The number of hydrogen-bond donors (Lipinski definition) is 2. The molecule has 2 aromatic rings. The van der Waals surface area contributed by atoms with E-state index in [2.05, 4.69) is 24.5 Å². The van der Waals surface area contributed by atoms with Crippen molar-refractivity contribution in [2.24, 2.45) is 0 Å². The van der Waals surface area contributed by atoms with Crippen LogP contribution >= 0.6 is 0 Å². The summed E-state index contributed by atoms with van der Waals surface area (Å²) in [6.07, 6.45) is 3.04. The van der Waals surface area contributed by atoms with Crippen LogP contribution < -0.4 is 15.4 Å². The summed E-state index contributed by atoms with van der Waals surface area (Å²) in [6.45, 7) is 5.18. The third kappa shape index (κ3) is 6.24. The third-order valence-corrected chi connectivity index (χ3v) is 3.97. The van der Waals surface area contributed by atoms with Crippen molar-refractivity contribution in [3.8, 4) is 5.75 Å². The van der Waals surface area contributed by atoms with Gasteiger partial charge in [-0.1, -0.05) is 44.5 Å². The highest BCUT2D eigenvalue weighted by atomic mass is 16.5. The quantitative estimate of drug-likeness (QED) is 0.561. The number of nitrogens with one attached hydrogen (secondary N) is 2. The lowest BCUT2D eigenvalue weighted by Crippen LogP contribution is -2.34. The summed E-state index contributed by atoms with van der Waals surface area (Å²) in [6, 6.07) is 14.9. The smallest absolute Gasteiger partial charge is 0.313 e. The molecule has 0 aliphatic heterocycles. The number of amides is 2. The number of anilines is 1. The van der Waals surface area contributed by atoms with Crippen LogP contribution in [0, 0.1) is 0 Å². The Balaban J connectivity index is 1.79. The van der Waals surface area contributed by atoms with Crippen LogP contribution in [0.15, 0.2) is 48.5 Å². The minimum Gasteiger partial charge on any atom is -0.494 e. The van der Waals surface area contributed by atoms with Crippen LogP contribution in [0.25, 0.3) is 0 Å². The highest BCUT2D eigenvalue weighted by Gasteiger charge is 2.13. The number of aryl methyl sites for hydroxylation is 1. The molecule has 0 heterocycles. The molecular weight excluding hydrogens is 328 g/mol. The number of ether oxygens (including phenoxy) is 1. The molecule has 0 aromatic heterocycles. The molecule has 5 nitrogen and oxygen atoms in total. The molecule has 2 N–H and O–H groups in total. The summed E-state index contributed by atoms with van der Waals surface area (Å²) < 4.78 is 5.57. The van der Waals surface area contributed by atoms with E-state index < -0.39 is 11.8 Å². The molecule has 2 aromatic carbocycles. The van der Waals surface area contributed by atoms with Crippen LogP contribution in [0.2, 0.25) is 0 Å². The zero-order valence-corrected chi connectivity index (χ0v) is 15.4. The fraction of sp³-hybridized carbons (Fsp3) is 0.333. The second-order valence-electron chi connectivity index (χ2n) is 6.03. The molecule has 5 heteroatoms. The van der Waals surface area contributed by atoms with Crippen LogP contribution in [-0.4, -0.2) is 18.4 Å². The largest absolute Gasteiger partial charge is 0.494 e. The number of rotatable bonds is 8. The summed E-state index contributed by atoms with van der Waals surface area (Å²) in [7, 11) is 0. The maximum Gasteiger partial charge on any atom is 0.313 e. The van der Waals surface area contributed by atoms with Gasteiger partial charge in [-0.15, -0.1) is 0 Å². The molecule has 0 unspecified atom stereocenters. The fourth-order valence-corrected chi connectivity index (χ4v) is 2.31. The van der Waals surface area contributed by atoms with Gasteiger partial charge >= 0.3 is 11.8 Å². The maximum absolute atomic E-state index is 12.0. The molecule has 2 rings (SSSR count). The normalized spacial score (nSPS) is 10.2. The van der Waals surface area contributed by atoms with E-state index >= 15 is 0 Å². The van der Waals surface area contributed by atoms with Crippen LogP contribution in [0.5, 0.6) is 5.75 Å². The van der Waals surface area contributed by atoms with Gasteiger partial charge in [0, 0.05) is 12.2 Å². The Hall–Kier alpha value is -2.82. The molecule has 0 radical (unpaired) electrons. The van der Waals surface area contributed by atoms with Crippen molar-refractivity contribution in [2.45, 2.75) is 39.7 Å². The Labute approximate surface area is 154 Å². The van der Waals surface area contributed by atoms with Crippen LogP contribution in [0.3, 0.4) is 0 Å². The first-order chi connectivity index (χ1) is 12.6. The average molecular weight is 354 g/mol. The van der Waals surface area contributed by atoms with Crippen molar-refractivity contribution in [3.63, 3.8) is 0 Å². The van der Waals surface area contributed by atoms with Crippen LogP contribution in [0.4, 0.5) is 5.69 Å². The van der Waals surface area contributed by atoms with Gasteiger partial charge < -0.3 is 15.4 Å². The van der Waals surface area contributed by atoms with Gasteiger partial charge in [-0.3, -0.25) is 9.59 Å². The predicted molar refractivity (Wildman–Crippen MR) is 103 cm³/mol. The van der Waals surface area contributed by atoms with E-state index in [1.807, 2.05) is 24.3 Å². The van der Waals surface area contributed by atoms with Crippen molar-refractivity contribution in [1.29, 1.82) is 0 Å². The standard InChI is InChI=1S/C21H26N2O3/c1-3-5-14-26-19-12-10-18(11-13-19)23-21(25)20(24)22-15-17-8-6-16(4-2)7-9-17/h6-13H,3-5,14-15H2,1-2H3,(H,22,24)(H,23,25). The molecule has 0 saturated heterocycles. The molecule has 0 aliphatic carbocycles.